The summed E-state index contributed by atoms with van der Waals surface area (Å²) in [4.78, 5) is 14.3. The van der Waals surface area contributed by atoms with Gasteiger partial charge in [-0.3, -0.25) is 0 Å². The van der Waals surface area contributed by atoms with E-state index in [1.807, 2.05) is 35.2 Å². The Morgan fingerprint density at radius 2 is 1.86 bits per heavy atom. The molecule has 2 rings (SSSR count). The minimum atomic E-state index is -1.06. The molecule has 1 fully saturated rings. The Bertz CT molecular complexity index is 463. The van der Waals surface area contributed by atoms with Crippen LogP contribution in [0.4, 0.5) is 4.79 Å². The lowest BCUT2D eigenvalue weighted by Gasteiger charge is -2.39. The van der Waals surface area contributed by atoms with Crippen LogP contribution in [0.25, 0.3) is 0 Å². The first-order valence-corrected chi connectivity index (χ1v) is 7.76. The number of nitrogens with zero attached hydrogens (tertiary/aromatic N) is 1. The van der Waals surface area contributed by atoms with E-state index in [9.17, 15) is 9.90 Å². The topological polar surface area (TPSA) is 52.6 Å². The maximum Gasteiger partial charge on any atom is 0.317 e. The number of benzene rings is 1. The number of carbonyl (C=O) groups is 1. The van der Waals surface area contributed by atoms with Gasteiger partial charge in [0, 0.05) is 12.1 Å². The average molecular weight is 290 g/mol. The molecular weight excluding hydrogens is 264 g/mol. The number of amides is 2. The van der Waals surface area contributed by atoms with Crippen molar-refractivity contribution in [2.24, 2.45) is 0 Å². The van der Waals surface area contributed by atoms with E-state index in [-0.39, 0.29) is 24.7 Å². The van der Waals surface area contributed by atoms with Gasteiger partial charge < -0.3 is 15.3 Å². The zero-order chi connectivity index (χ0) is 15.5. The normalized spacial score (nSPS) is 25.2. The van der Waals surface area contributed by atoms with Crippen LogP contribution in [-0.2, 0) is 5.60 Å². The Kier molecular flexibility index (Phi) is 4.88. The van der Waals surface area contributed by atoms with Crippen molar-refractivity contribution in [2.45, 2.75) is 57.7 Å². The van der Waals surface area contributed by atoms with Gasteiger partial charge in [0.2, 0.25) is 0 Å². The maximum atomic E-state index is 12.4. The van der Waals surface area contributed by atoms with Gasteiger partial charge in [0.15, 0.2) is 0 Å². The molecule has 3 atom stereocenters. The van der Waals surface area contributed by atoms with E-state index in [0.717, 1.165) is 18.4 Å². The SMILES string of the molecule is CC1CCCC(C)N1C(=O)NCC(C)(O)c1ccccc1. The average Bonchev–Trinajstić information content (AvgIpc) is 2.46. The van der Waals surface area contributed by atoms with Crippen LogP contribution in [0.1, 0.15) is 45.6 Å². The lowest BCUT2D eigenvalue weighted by atomic mass is 9.96. The highest BCUT2D eigenvalue weighted by molar-refractivity contribution is 5.75. The number of carbonyl (C=O) groups excluding carboxylic acids is 1. The Morgan fingerprint density at radius 1 is 1.29 bits per heavy atom. The van der Waals surface area contributed by atoms with Crippen LogP contribution < -0.4 is 5.32 Å². The predicted octanol–water partition coefficient (Wildman–Crippen LogP) is 2.87. The van der Waals surface area contributed by atoms with Crippen LogP contribution in [-0.4, -0.2) is 34.7 Å². The van der Waals surface area contributed by atoms with E-state index < -0.39 is 5.60 Å². The van der Waals surface area contributed by atoms with Crippen molar-refractivity contribution in [3.05, 3.63) is 35.9 Å². The number of rotatable bonds is 3. The second-order valence-corrected chi connectivity index (χ2v) is 6.33. The van der Waals surface area contributed by atoms with Gasteiger partial charge in [-0.15, -0.1) is 0 Å². The molecule has 3 unspecified atom stereocenters. The van der Waals surface area contributed by atoms with Crippen molar-refractivity contribution < 1.29 is 9.90 Å². The Morgan fingerprint density at radius 3 is 2.43 bits per heavy atom. The highest BCUT2D eigenvalue weighted by Crippen LogP contribution is 2.23. The minimum Gasteiger partial charge on any atom is -0.384 e. The largest absolute Gasteiger partial charge is 0.384 e. The van der Waals surface area contributed by atoms with E-state index >= 15 is 0 Å². The molecule has 116 valence electrons. The molecule has 0 spiro atoms. The molecule has 4 heteroatoms. The molecule has 2 N–H and O–H groups in total. The number of urea groups is 1. The number of piperidine rings is 1. The van der Waals surface area contributed by atoms with Gasteiger partial charge in [-0.2, -0.15) is 0 Å². The molecule has 0 bridgehead atoms. The highest BCUT2D eigenvalue weighted by Gasteiger charge is 2.30. The monoisotopic (exact) mass is 290 g/mol. The molecule has 1 aliphatic heterocycles. The van der Waals surface area contributed by atoms with Gasteiger partial charge in [-0.1, -0.05) is 30.3 Å². The molecule has 0 aromatic heterocycles. The minimum absolute atomic E-state index is 0.0779. The summed E-state index contributed by atoms with van der Waals surface area (Å²) < 4.78 is 0. The van der Waals surface area contributed by atoms with Crippen LogP contribution in [0.3, 0.4) is 0 Å². The lowest BCUT2D eigenvalue weighted by molar-refractivity contribution is 0.0536. The van der Waals surface area contributed by atoms with Gasteiger partial charge in [-0.05, 0) is 45.6 Å². The molecule has 1 aromatic rings. The summed E-state index contributed by atoms with van der Waals surface area (Å²) in [5, 5.41) is 13.4. The fraction of sp³-hybridized carbons (Fsp3) is 0.588. The number of nitrogens with one attached hydrogen (secondary N) is 1. The molecule has 0 saturated carbocycles. The quantitative estimate of drug-likeness (QED) is 0.899. The summed E-state index contributed by atoms with van der Waals surface area (Å²) in [6, 6.07) is 9.88. The van der Waals surface area contributed by atoms with Crippen molar-refractivity contribution >= 4 is 6.03 Å². The Balaban J connectivity index is 1.97. The molecule has 1 saturated heterocycles. The van der Waals surface area contributed by atoms with Crippen LogP contribution in [0.5, 0.6) is 0 Å². The third-order valence-electron chi connectivity index (χ3n) is 4.41. The third-order valence-corrected chi connectivity index (χ3v) is 4.41. The Hall–Kier alpha value is -1.55. The molecule has 0 radical (unpaired) electrons. The first kappa shape index (κ1) is 15.8. The molecule has 21 heavy (non-hydrogen) atoms. The summed E-state index contributed by atoms with van der Waals surface area (Å²) in [6.07, 6.45) is 3.27. The van der Waals surface area contributed by atoms with Gasteiger partial charge in [0.1, 0.15) is 5.60 Å². The second kappa shape index (κ2) is 6.48. The molecule has 1 aliphatic rings. The van der Waals surface area contributed by atoms with Crippen molar-refractivity contribution in [1.29, 1.82) is 0 Å². The van der Waals surface area contributed by atoms with E-state index in [0.29, 0.717) is 0 Å². The van der Waals surface area contributed by atoms with Crippen LogP contribution in [0, 0.1) is 0 Å². The fourth-order valence-corrected chi connectivity index (χ4v) is 3.06. The number of hydrogen-bond acceptors (Lipinski definition) is 2. The predicted molar refractivity (Wildman–Crippen MR) is 84.0 cm³/mol. The van der Waals surface area contributed by atoms with E-state index in [4.69, 9.17) is 0 Å². The third kappa shape index (κ3) is 3.76. The summed E-state index contributed by atoms with van der Waals surface area (Å²) in [5.41, 5.74) is -0.246. The molecule has 1 aromatic carbocycles. The van der Waals surface area contributed by atoms with Crippen LogP contribution in [0.2, 0.25) is 0 Å². The van der Waals surface area contributed by atoms with Gasteiger partial charge in [0.25, 0.3) is 0 Å². The first-order valence-electron chi connectivity index (χ1n) is 7.76. The highest BCUT2D eigenvalue weighted by atomic mass is 16.3. The van der Waals surface area contributed by atoms with Gasteiger partial charge in [-0.25, -0.2) is 4.79 Å². The Labute approximate surface area is 127 Å². The van der Waals surface area contributed by atoms with E-state index in [2.05, 4.69) is 19.2 Å². The van der Waals surface area contributed by atoms with Crippen LogP contribution in [0.15, 0.2) is 30.3 Å². The smallest absolute Gasteiger partial charge is 0.317 e. The number of likely N-dealkylation sites (tertiary alicyclic amines) is 1. The standard InChI is InChI=1S/C17H26N2O2/c1-13-8-7-9-14(2)19(13)16(20)18-12-17(3,21)15-10-5-4-6-11-15/h4-6,10-11,13-14,21H,7-9,12H2,1-3H3,(H,18,20). The van der Waals surface area contributed by atoms with E-state index in [1.54, 1.807) is 6.92 Å². The molecule has 0 aliphatic carbocycles. The lowest BCUT2D eigenvalue weighted by Crippen LogP contribution is -2.53. The molecule has 1 heterocycles. The van der Waals surface area contributed by atoms with Crippen molar-refractivity contribution in [3.63, 3.8) is 0 Å². The summed E-state index contributed by atoms with van der Waals surface area (Å²) >= 11 is 0. The maximum absolute atomic E-state index is 12.4. The molecule has 4 nitrogen and oxygen atoms in total. The first-order chi connectivity index (χ1) is 9.92. The summed E-state index contributed by atoms with van der Waals surface area (Å²) in [7, 11) is 0. The van der Waals surface area contributed by atoms with Crippen molar-refractivity contribution in [2.75, 3.05) is 6.54 Å². The number of aliphatic hydroxyl groups is 1. The second-order valence-electron chi connectivity index (χ2n) is 6.33. The van der Waals surface area contributed by atoms with Crippen LogP contribution >= 0.6 is 0 Å². The molecule has 2 amide bonds. The molecular formula is C17H26N2O2. The zero-order valence-corrected chi connectivity index (χ0v) is 13.2. The van der Waals surface area contributed by atoms with Crippen molar-refractivity contribution in [3.8, 4) is 0 Å². The van der Waals surface area contributed by atoms with Gasteiger partial charge in [0.05, 0.1) is 6.54 Å². The van der Waals surface area contributed by atoms with E-state index in [1.165, 1.54) is 6.42 Å². The summed E-state index contributed by atoms with van der Waals surface area (Å²) in [6.45, 7) is 6.12. The fourth-order valence-electron chi connectivity index (χ4n) is 3.06. The summed E-state index contributed by atoms with van der Waals surface area (Å²) in [5.74, 6) is 0. The van der Waals surface area contributed by atoms with Crippen molar-refractivity contribution in [1.82, 2.24) is 10.2 Å². The van der Waals surface area contributed by atoms with Gasteiger partial charge >= 0.3 is 6.03 Å². The number of hydrogen-bond donors (Lipinski definition) is 2. The zero-order valence-electron chi connectivity index (χ0n) is 13.2.